The lowest BCUT2D eigenvalue weighted by Gasteiger charge is -2.14. The maximum Gasteiger partial charge on any atom is 0.203 e. The molecule has 0 aliphatic rings. The van der Waals surface area contributed by atoms with Gasteiger partial charge in [-0.2, -0.15) is 0 Å². The van der Waals surface area contributed by atoms with Crippen molar-refractivity contribution in [1.29, 1.82) is 0 Å². The summed E-state index contributed by atoms with van der Waals surface area (Å²) in [6, 6.07) is 3.50. The molecule has 0 saturated heterocycles. The molecule has 1 aromatic carbocycles. The summed E-state index contributed by atoms with van der Waals surface area (Å²) in [5.74, 6) is 1.95. The van der Waals surface area contributed by atoms with Gasteiger partial charge in [0, 0.05) is 24.9 Å². The van der Waals surface area contributed by atoms with Crippen LogP contribution in [0.2, 0.25) is 0 Å². The number of nitrogens with two attached hydrogens (primary N) is 1. The second-order valence-corrected chi connectivity index (χ2v) is 3.15. The zero-order chi connectivity index (χ0) is 12.8. The van der Waals surface area contributed by atoms with Crippen molar-refractivity contribution in [2.75, 3.05) is 33.7 Å². The molecular formula is C11H17N3O3. The highest BCUT2D eigenvalue weighted by Crippen LogP contribution is 2.39. The van der Waals surface area contributed by atoms with Gasteiger partial charge in [-0.3, -0.25) is 4.99 Å². The van der Waals surface area contributed by atoms with Gasteiger partial charge in [0.05, 0.1) is 21.3 Å². The van der Waals surface area contributed by atoms with Crippen molar-refractivity contribution in [3.05, 3.63) is 12.1 Å². The summed E-state index contributed by atoms with van der Waals surface area (Å²) in [5, 5.41) is 2.90. The minimum atomic E-state index is 0.305. The second-order valence-electron chi connectivity index (χ2n) is 3.15. The van der Waals surface area contributed by atoms with Crippen molar-refractivity contribution < 1.29 is 14.2 Å². The number of guanidine groups is 1. The van der Waals surface area contributed by atoms with E-state index in [9.17, 15) is 0 Å². The molecule has 6 nitrogen and oxygen atoms in total. The summed E-state index contributed by atoms with van der Waals surface area (Å²) in [6.45, 7) is 0. The van der Waals surface area contributed by atoms with Gasteiger partial charge in [-0.05, 0) is 0 Å². The van der Waals surface area contributed by atoms with E-state index in [1.807, 2.05) is 0 Å². The Morgan fingerprint density at radius 2 is 1.65 bits per heavy atom. The van der Waals surface area contributed by atoms with E-state index in [1.165, 1.54) is 0 Å². The first-order valence-electron chi connectivity index (χ1n) is 4.95. The van der Waals surface area contributed by atoms with Gasteiger partial charge in [-0.1, -0.05) is 0 Å². The zero-order valence-electron chi connectivity index (χ0n) is 10.4. The summed E-state index contributed by atoms with van der Waals surface area (Å²) >= 11 is 0. The average molecular weight is 239 g/mol. The van der Waals surface area contributed by atoms with Crippen LogP contribution >= 0.6 is 0 Å². The minimum Gasteiger partial charge on any atom is -0.493 e. The van der Waals surface area contributed by atoms with E-state index < -0.39 is 0 Å². The van der Waals surface area contributed by atoms with Crippen molar-refractivity contribution in [3.8, 4) is 17.2 Å². The third kappa shape index (κ3) is 2.93. The maximum atomic E-state index is 5.58. The molecule has 17 heavy (non-hydrogen) atoms. The molecule has 3 N–H and O–H groups in total. The van der Waals surface area contributed by atoms with E-state index in [4.69, 9.17) is 19.9 Å². The summed E-state index contributed by atoms with van der Waals surface area (Å²) in [4.78, 5) is 3.81. The van der Waals surface area contributed by atoms with Crippen molar-refractivity contribution >= 4 is 11.6 Å². The van der Waals surface area contributed by atoms with E-state index in [-0.39, 0.29) is 0 Å². The molecule has 0 saturated carbocycles. The first-order chi connectivity index (χ1) is 8.15. The first-order valence-corrected chi connectivity index (χ1v) is 4.95. The number of hydrogen-bond acceptors (Lipinski definition) is 4. The molecule has 94 valence electrons. The molecular weight excluding hydrogens is 222 g/mol. The number of hydrogen-bond donors (Lipinski definition) is 2. The van der Waals surface area contributed by atoms with Gasteiger partial charge >= 0.3 is 0 Å². The minimum absolute atomic E-state index is 0.305. The third-order valence-electron chi connectivity index (χ3n) is 2.18. The van der Waals surface area contributed by atoms with Gasteiger partial charge in [0.1, 0.15) is 0 Å². The molecule has 0 aliphatic carbocycles. The van der Waals surface area contributed by atoms with Crippen LogP contribution in [0.3, 0.4) is 0 Å². The van der Waals surface area contributed by atoms with Crippen LogP contribution in [0.5, 0.6) is 17.2 Å². The van der Waals surface area contributed by atoms with E-state index in [0.717, 1.165) is 0 Å². The highest BCUT2D eigenvalue weighted by Gasteiger charge is 2.13. The molecule has 0 aliphatic heterocycles. The van der Waals surface area contributed by atoms with Crippen molar-refractivity contribution in [2.45, 2.75) is 0 Å². The van der Waals surface area contributed by atoms with Crippen LogP contribution in [-0.2, 0) is 0 Å². The maximum absolute atomic E-state index is 5.58. The Kier molecular flexibility index (Phi) is 4.45. The van der Waals surface area contributed by atoms with Crippen LogP contribution in [-0.4, -0.2) is 34.3 Å². The lowest BCUT2D eigenvalue weighted by molar-refractivity contribution is 0.324. The highest BCUT2D eigenvalue weighted by molar-refractivity contribution is 5.92. The van der Waals surface area contributed by atoms with Crippen molar-refractivity contribution in [1.82, 2.24) is 0 Å². The molecule has 0 bridgehead atoms. The highest BCUT2D eigenvalue weighted by atomic mass is 16.5. The Morgan fingerprint density at radius 1 is 1.12 bits per heavy atom. The van der Waals surface area contributed by atoms with Crippen LogP contribution in [0, 0.1) is 0 Å². The predicted octanol–water partition coefficient (Wildman–Crippen LogP) is 1.07. The number of anilines is 1. The fraction of sp³-hybridized carbons (Fsp3) is 0.364. The number of nitrogens with one attached hydrogen (secondary N) is 1. The normalized spacial score (nSPS) is 10.9. The molecule has 0 unspecified atom stereocenters. The Morgan fingerprint density at radius 3 is 2.00 bits per heavy atom. The smallest absolute Gasteiger partial charge is 0.203 e. The quantitative estimate of drug-likeness (QED) is 0.607. The Balaban J connectivity index is 3.17. The predicted molar refractivity (Wildman–Crippen MR) is 67.3 cm³/mol. The summed E-state index contributed by atoms with van der Waals surface area (Å²) in [5.41, 5.74) is 6.30. The number of aliphatic imine (C=N–C) groups is 1. The first kappa shape index (κ1) is 13.0. The molecule has 6 heteroatoms. The number of benzene rings is 1. The summed E-state index contributed by atoms with van der Waals surface area (Å²) in [6.07, 6.45) is 0. The van der Waals surface area contributed by atoms with Gasteiger partial charge in [-0.25, -0.2) is 0 Å². The zero-order valence-corrected chi connectivity index (χ0v) is 10.4. The van der Waals surface area contributed by atoms with Gasteiger partial charge in [-0.15, -0.1) is 0 Å². The molecule has 0 atom stereocenters. The SMILES string of the molecule is CN=C(N)Nc1cc(OC)c(OC)c(OC)c1. The molecule has 0 fully saturated rings. The van der Waals surface area contributed by atoms with Gasteiger partial charge in [0.15, 0.2) is 17.5 Å². The summed E-state index contributed by atoms with van der Waals surface area (Å²) < 4.78 is 15.6. The van der Waals surface area contributed by atoms with E-state index >= 15 is 0 Å². The number of methoxy groups -OCH3 is 3. The molecule has 0 spiro atoms. The average Bonchev–Trinajstić information content (AvgIpc) is 2.37. The van der Waals surface area contributed by atoms with Crippen LogP contribution in [0.25, 0.3) is 0 Å². The van der Waals surface area contributed by atoms with Crippen LogP contribution in [0.15, 0.2) is 17.1 Å². The molecule has 0 heterocycles. The standard InChI is InChI=1S/C11H17N3O3/c1-13-11(12)14-7-5-8(15-2)10(17-4)9(6-7)16-3/h5-6H,1-4H3,(H3,12,13,14). The molecule has 0 radical (unpaired) electrons. The largest absolute Gasteiger partial charge is 0.493 e. The van der Waals surface area contributed by atoms with Crippen molar-refractivity contribution in [2.24, 2.45) is 10.7 Å². The topological polar surface area (TPSA) is 78.1 Å². The number of rotatable bonds is 4. The molecule has 1 aromatic rings. The molecule has 1 rings (SSSR count). The summed E-state index contributed by atoms with van der Waals surface area (Å²) in [7, 11) is 6.26. The third-order valence-corrected chi connectivity index (χ3v) is 2.18. The molecule has 0 amide bonds. The van der Waals surface area contributed by atoms with E-state index in [0.29, 0.717) is 28.9 Å². The van der Waals surface area contributed by atoms with E-state index in [1.54, 1.807) is 40.5 Å². The lowest BCUT2D eigenvalue weighted by atomic mass is 10.2. The van der Waals surface area contributed by atoms with Gasteiger partial charge in [0.25, 0.3) is 0 Å². The van der Waals surface area contributed by atoms with Crippen LogP contribution < -0.4 is 25.3 Å². The van der Waals surface area contributed by atoms with Crippen molar-refractivity contribution in [3.63, 3.8) is 0 Å². The lowest BCUT2D eigenvalue weighted by Crippen LogP contribution is -2.22. The number of nitrogens with zero attached hydrogens (tertiary/aromatic N) is 1. The fourth-order valence-electron chi connectivity index (χ4n) is 1.36. The van der Waals surface area contributed by atoms with E-state index in [2.05, 4.69) is 10.3 Å². The Hall–Kier alpha value is -2.11. The Labute approximate surface area is 100 Å². The van der Waals surface area contributed by atoms with Crippen LogP contribution in [0.1, 0.15) is 0 Å². The van der Waals surface area contributed by atoms with Gasteiger partial charge in [0.2, 0.25) is 5.75 Å². The van der Waals surface area contributed by atoms with Crippen LogP contribution in [0.4, 0.5) is 5.69 Å². The second kappa shape index (κ2) is 5.83. The van der Waals surface area contributed by atoms with Gasteiger partial charge < -0.3 is 25.3 Å². The fourth-order valence-corrected chi connectivity index (χ4v) is 1.36. The number of ether oxygens (including phenoxy) is 3. The molecule has 0 aromatic heterocycles. The Bertz CT molecular complexity index is 393. The monoisotopic (exact) mass is 239 g/mol.